The minimum absolute atomic E-state index is 0.00743. The molecule has 4 rings (SSSR count). The summed E-state index contributed by atoms with van der Waals surface area (Å²) < 4.78 is 6.14. The van der Waals surface area contributed by atoms with Gasteiger partial charge in [0.15, 0.2) is 11.6 Å². The quantitative estimate of drug-likeness (QED) is 0.719. The summed E-state index contributed by atoms with van der Waals surface area (Å²) in [5, 5.41) is 12.1. The number of fused-ring (bicyclic) bond motifs is 2. The maximum atomic E-state index is 13.2. The molecule has 4 aliphatic rings. The van der Waals surface area contributed by atoms with E-state index >= 15 is 0 Å². The van der Waals surface area contributed by atoms with E-state index in [1.54, 1.807) is 0 Å². The van der Waals surface area contributed by atoms with Crippen LogP contribution in [0.4, 0.5) is 0 Å². The van der Waals surface area contributed by atoms with Gasteiger partial charge < -0.3 is 10.1 Å². The van der Waals surface area contributed by atoms with Gasteiger partial charge in [-0.2, -0.15) is 5.11 Å². The predicted molar refractivity (Wildman–Crippen MR) is 95.8 cm³/mol. The summed E-state index contributed by atoms with van der Waals surface area (Å²) in [4.78, 5) is 13.2. The normalized spacial score (nSPS) is 34.3. The van der Waals surface area contributed by atoms with Crippen LogP contribution in [-0.2, 0) is 9.53 Å². The van der Waals surface area contributed by atoms with E-state index in [0.29, 0.717) is 25.4 Å². The summed E-state index contributed by atoms with van der Waals surface area (Å²) in [6, 6.07) is 0. The first-order valence-electron chi connectivity index (χ1n) is 9.39. The van der Waals surface area contributed by atoms with E-state index in [0.717, 1.165) is 36.4 Å². The van der Waals surface area contributed by atoms with E-state index in [9.17, 15) is 4.79 Å². The third-order valence-electron chi connectivity index (χ3n) is 6.23. The highest BCUT2D eigenvalue weighted by molar-refractivity contribution is 6.00. The van der Waals surface area contributed by atoms with Gasteiger partial charge in [0.25, 0.3) is 0 Å². The van der Waals surface area contributed by atoms with Crippen molar-refractivity contribution in [1.82, 2.24) is 5.32 Å². The Kier molecular flexibility index (Phi) is 3.56. The summed E-state index contributed by atoms with van der Waals surface area (Å²) in [5.41, 5.74) is 3.09. The molecule has 0 amide bonds. The highest BCUT2D eigenvalue weighted by atomic mass is 16.5. The third kappa shape index (κ3) is 2.59. The van der Waals surface area contributed by atoms with Crippen molar-refractivity contribution in [2.24, 2.45) is 26.5 Å². The Balaban J connectivity index is 1.84. The Labute approximate surface area is 150 Å². The van der Waals surface area contributed by atoms with Crippen LogP contribution in [0.3, 0.4) is 0 Å². The second-order valence-corrected chi connectivity index (χ2v) is 9.91. The molecule has 0 aromatic heterocycles. The van der Waals surface area contributed by atoms with E-state index in [1.165, 1.54) is 5.57 Å². The maximum Gasteiger partial charge on any atom is 0.162 e. The van der Waals surface area contributed by atoms with Crippen LogP contribution in [0.15, 0.2) is 32.9 Å². The zero-order valence-corrected chi connectivity index (χ0v) is 16.0. The smallest absolute Gasteiger partial charge is 0.162 e. The molecule has 1 aliphatic carbocycles. The van der Waals surface area contributed by atoms with Crippen molar-refractivity contribution < 1.29 is 9.53 Å². The zero-order chi connectivity index (χ0) is 18.0. The summed E-state index contributed by atoms with van der Waals surface area (Å²) >= 11 is 0. The summed E-state index contributed by atoms with van der Waals surface area (Å²) in [6.07, 6.45) is 3.35. The van der Waals surface area contributed by atoms with Gasteiger partial charge in [-0.1, -0.05) is 34.6 Å². The number of carbonyl (C=O) groups is 1. The van der Waals surface area contributed by atoms with Crippen LogP contribution < -0.4 is 5.32 Å². The Bertz CT molecular complexity index is 724. The van der Waals surface area contributed by atoms with Gasteiger partial charge in [0.1, 0.15) is 0 Å². The molecular weight excluding hydrogens is 314 g/mol. The molecular formula is C20H29N3O2. The number of ketones is 1. The average Bonchev–Trinajstić information content (AvgIpc) is 2.93. The maximum absolute atomic E-state index is 13.2. The fourth-order valence-electron chi connectivity index (χ4n) is 4.98. The molecule has 1 saturated heterocycles. The van der Waals surface area contributed by atoms with Crippen molar-refractivity contribution in [2.45, 2.75) is 66.4 Å². The Hall–Kier alpha value is -1.49. The lowest BCUT2D eigenvalue weighted by Gasteiger charge is -2.50. The van der Waals surface area contributed by atoms with Crippen molar-refractivity contribution in [3.8, 4) is 0 Å². The zero-order valence-electron chi connectivity index (χ0n) is 16.0. The van der Waals surface area contributed by atoms with E-state index in [-0.39, 0.29) is 22.3 Å². The largest absolute Gasteiger partial charge is 0.378 e. The second kappa shape index (κ2) is 5.26. The molecule has 25 heavy (non-hydrogen) atoms. The number of hydrogen-bond donors (Lipinski definition) is 1. The highest BCUT2D eigenvalue weighted by Gasteiger charge is 2.54. The molecule has 0 bridgehead atoms. The Morgan fingerprint density at radius 2 is 2.00 bits per heavy atom. The minimum Gasteiger partial charge on any atom is -0.378 e. The molecule has 5 heteroatoms. The van der Waals surface area contributed by atoms with Gasteiger partial charge in [-0.3, -0.25) is 4.79 Å². The van der Waals surface area contributed by atoms with E-state index in [4.69, 9.17) is 4.74 Å². The lowest BCUT2D eigenvalue weighted by molar-refractivity contribution is -0.122. The van der Waals surface area contributed by atoms with Crippen molar-refractivity contribution in [2.75, 3.05) is 13.2 Å². The number of Topliss-reactive ketones (excluding diaryl/α,β-unsaturated/α-hetero) is 1. The molecule has 2 atom stereocenters. The van der Waals surface area contributed by atoms with Gasteiger partial charge in [-0.05, 0) is 30.1 Å². The number of ether oxygens (including phenoxy) is 1. The number of carbonyl (C=O) groups excluding carboxylic acids is 1. The molecule has 0 aromatic rings. The van der Waals surface area contributed by atoms with Crippen LogP contribution in [0.25, 0.3) is 0 Å². The monoisotopic (exact) mass is 343 g/mol. The molecule has 0 aromatic carbocycles. The van der Waals surface area contributed by atoms with Crippen molar-refractivity contribution >= 4 is 5.78 Å². The first-order chi connectivity index (χ1) is 11.6. The van der Waals surface area contributed by atoms with Crippen LogP contribution in [0.2, 0.25) is 0 Å². The SMILES string of the molecule is CC1(C)CC(=O)C2=C(C1)NC1=C(CN=N1)[C@]21CCO[C@H](C(C)(C)C)C1. The molecule has 1 N–H and O–H groups in total. The van der Waals surface area contributed by atoms with Gasteiger partial charge in [-0.25, -0.2) is 0 Å². The number of azo groups is 1. The molecule has 0 saturated carbocycles. The average molecular weight is 343 g/mol. The van der Waals surface area contributed by atoms with E-state index in [2.05, 4.69) is 50.2 Å². The molecule has 1 fully saturated rings. The molecule has 3 heterocycles. The third-order valence-corrected chi connectivity index (χ3v) is 6.23. The van der Waals surface area contributed by atoms with Gasteiger partial charge in [-0.15, -0.1) is 5.11 Å². The number of hydrogen-bond acceptors (Lipinski definition) is 5. The number of allylic oxidation sites excluding steroid dienone is 2. The lowest BCUT2D eigenvalue weighted by atomic mass is 9.58. The van der Waals surface area contributed by atoms with Crippen LogP contribution in [0, 0.1) is 16.2 Å². The molecule has 5 nitrogen and oxygen atoms in total. The minimum atomic E-state index is -0.247. The van der Waals surface area contributed by atoms with Crippen LogP contribution in [0.5, 0.6) is 0 Å². The van der Waals surface area contributed by atoms with Crippen molar-refractivity contribution in [3.05, 3.63) is 22.7 Å². The van der Waals surface area contributed by atoms with Gasteiger partial charge >= 0.3 is 0 Å². The van der Waals surface area contributed by atoms with E-state index < -0.39 is 0 Å². The first kappa shape index (κ1) is 17.0. The molecule has 0 radical (unpaired) electrons. The lowest BCUT2D eigenvalue weighted by Crippen LogP contribution is -2.50. The predicted octanol–water partition coefficient (Wildman–Crippen LogP) is 4.12. The van der Waals surface area contributed by atoms with Gasteiger partial charge in [0.2, 0.25) is 0 Å². The number of dihydropyridines is 1. The molecule has 3 aliphatic heterocycles. The fourth-order valence-corrected chi connectivity index (χ4v) is 4.98. The summed E-state index contributed by atoms with van der Waals surface area (Å²) in [7, 11) is 0. The summed E-state index contributed by atoms with van der Waals surface area (Å²) in [6.45, 7) is 12.3. The van der Waals surface area contributed by atoms with Crippen LogP contribution >= 0.6 is 0 Å². The highest BCUT2D eigenvalue weighted by Crippen LogP contribution is 2.56. The number of nitrogens with zero attached hydrogens (tertiary/aromatic N) is 2. The van der Waals surface area contributed by atoms with Gasteiger partial charge in [0, 0.05) is 35.3 Å². The Morgan fingerprint density at radius 1 is 1.24 bits per heavy atom. The summed E-state index contributed by atoms with van der Waals surface area (Å²) in [5.74, 6) is 1.19. The first-order valence-corrected chi connectivity index (χ1v) is 9.39. The molecule has 136 valence electrons. The number of nitrogens with one attached hydrogen (secondary N) is 1. The van der Waals surface area contributed by atoms with Gasteiger partial charge in [0.05, 0.1) is 12.6 Å². The van der Waals surface area contributed by atoms with Crippen molar-refractivity contribution in [3.63, 3.8) is 0 Å². The Morgan fingerprint density at radius 3 is 2.72 bits per heavy atom. The van der Waals surface area contributed by atoms with Crippen molar-refractivity contribution in [1.29, 1.82) is 0 Å². The molecule has 0 unspecified atom stereocenters. The molecule has 1 spiro atoms. The fraction of sp³-hybridized carbons (Fsp3) is 0.750. The topological polar surface area (TPSA) is 63.0 Å². The standard InChI is InChI=1S/C20H29N3O2/c1-18(2,3)15-10-20(6-7-25-15)12-11-21-23-17(12)22-13-8-19(4,5)9-14(24)16(13)20/h15,22H,6-11H2,1-5H3/t15-,20+/m0/s1. The number of rotatable bonds is 0. The second-order valence-electron chi connectivity index (χ2n) is 9.91. The van der Waals surface area contributed by atoms with E-state index in [1.807, 2.05) is 0 Å². The van der Waals surface area contributed by atoms with Crippen LogP contribution in [-0.4, -0.2) is 25.0 Å². The van der Waals surface area contributed by atoms with Crippen LogP contribution in [0.1, 0.15) is 60.3 Å².